The summed E-state index contributed by atoms with van der Waals surface area (Å²) in [5, 5.41) is 4.11. The van der Waals surface area contributed by atoms with Crippen molar-refractivity contribution in [2.45, 2.75) is 33.1 Å². The van der Waals surface area contributed by atoms with Crippen LogP contribution in [0, 0.1) is 0 Å². The molecule has 2 N–H and O–H groups in total. The van der Waals surface area contributed by atoms with Gasteiger partial charge in [0.25, 0.3) is 10.1 Å². The number of hydrogen-bond acceptors (Lipinski definition) is 8. The monoisotopic (exact) mass is 375 g/mol. The number of primary sulfonamides is 1. The van der Waals surface area contributed by atoms with E-state index in [4.69, 9.17) is 9.32 Å². The maximum absolute atomic E-state index is 12.2. The molecule has 0 aliphatic carbocycles. The summed E-state index contributed by atoms with van der Waals surface area (Å²) in [6.07, 6.45) is -0.281. The molecule has 21 heavy (non-hydrogen) atoms. The average molecular weight is 375 g/mol. The van der Waals surface area contributed by atoms with Gasteiger partial charge in [-0.1, -0.05) is 0 Å². The smallest absolute Gasteiger partial charge is 0.262 e. The zero-order chi connectivity index (χ0) is 16.2. The molecule has 0 saturated heterocycles. The Kier molecular flexibility index (Phi) is 4.00. The molecule has 2 rings (SSSR count). The second kappa shape index (κ2) is 4.99. The Morgan fingerprint density at radius 3 is 2.38 bits per heavy atom. The molecule has 2 atom stereocenters. The third-order valence-electron chi connectivity index (χ3n) is 2.95. The molecule has 1 aliphatic heterocycles. The van der Waals surface area contributed by atoms with Crippen LogP contribution in [0.5, 0.6) is 0 Å². The van der Waals surface area contributed by atoms with Crippen molar-refractivity contribution in [1.82, 2.24) is 0 Å². The van der Waals surface area contributed by atoms with Crippen LogP contribution in [0.2, 0.25) is 0 Å². The first-order valence-electron chi connectivity index (χ1n) is 5.61. The number of sulfone groups is 1. The minimum atomic E-state index is -4.08. The third-order valence-corrected chi connectivity index (χ3v) is 8.85. The Balaban J connectivity index is 2.67. The SMILES string of the molecule is C[C@H]1CC(OS(C)(=O)=O)c2cc(S(N)(=O)=O)sc2S1(=O)=O. The number of thiophene rings is 1. The minimum Gasteiger partial charge on any atom is -0.262 e. The minimum absolute atomic E-state index is 0.0209. The van der Waals surface area contributed by atoms with E-state index >= 15 is 0 Å². The molecule has 1 aliphatic rings. The van der Waals surface area contributed by atoms with Gasteiger partial charge < -0.3 is 0 Å². The largest absolute Gasteiger partial charge is 0.264 e. The van der Waals surface area contributed by atoms with Gasteiger partial charge in [0.05, 0.1) is 11.5 Å². The molecule has 120 valence electrons. The van der Waals surface area contributed by atoms with Crippen molar-refractivity contribution in [2.75, 3.05) is 6.26 Å². The van der Waals surface area contributed by atoms with Crippen LogP contribution in [0.25, 0.3) is 0 Å². The summed E-state index contributed by atoms with van der Waals surface area (Å²) in [6, 6.07) is 1.06. The standard InChI is InChI=1S/C9H13NO7S4/c1-5-3-7(17-19(2,11)12)6-4-8(21(10,15)16)18-9(6)20(5,13)14/h4-5,7H,3H2,1-2H3,(H2,10,15,16)/t5-,7?/m0/s1. The van der Waals surface area contributed by atoms with Crippen molar-refractivity contribution in [3.8, 4) is 0 Å². The van der Waals surface area contributed by atoms with Crippen LogP contribution in [0.3, 0.4) is 0 Å². The zero-order valence-electron chi connectivity index (χ0n) is 11.0. The van der Waals surface area contributed by atoms with Crippen LogP contribution in [-0.2, 0) is 34.2 Å². The molecule has 0 radical (unpaired) electrons. The number of rotatable bonds is 3. The van der Waals surface area contributed by atoms with Crippen molar-refractivity contribution in [1.29, 1.82) is 0 Å². The van der Waals surface area contributed by atoms with Crippen LogP contribution in [0.4, 0.5) is 0 Å². The maximum Gasteiger partial charge on any atom is 0.264 e. The second-order valence-electron chi connectivity index (χ2n) is 4.73. The fourth-order valence-corrected chi connectivity index (χ4v) is 6.98. The molecule has 1 aromatic heterocycles. The average Bonchev–Trinajstić information content (AvgIpc) is 2.69. The van der Waals surface area contributed by atoms with Crippen LogP contribution < -0.4 is 5.14 Å². The van der Waals surface area contributed by atoms with Crippen molar-refractivity contribution in [3.63, 3.8) is 0 Å². The van der Waals surface area contributed by atoms with E-state index in [-0.39, 0.29) is 20.4 Å². The van der Waals surface area contributed by atoms with Crippen molar-refractivity contribution >= 4 is 41.3 Å². The highest BCUT2D eigenvalue weighted by atomic mass is 32.3. The summed E-state index contributed by atoms with van der Waals surface area (Å²) in [4.78, 5) is 0. The Morgan fingerprint density at radius 2 is 1.90 bits per heavy atom. The first-order valence-corrected chi connectivity index (χ1v) is 11.3. The number of nitrogens with two attached hydrogens (primary N) is 1. The summed E-state index contributed by atoms with van der Waals surface area (Å²) in [5.74, 6) is 0. The molecule has 8 nitrogen and oxygen atoms in total. The fraction of sp³-hybridized carbons (Fsp3) is 0.556. The normalized spacial score (nSPS) is 25.5. The molecule has 0 bridgehead atoms. The summed E-state index contributed by atoms with van der Waals surface area (Å²) in [7, 11) is -11.6. The van der Waals surface area contributed by atoms with Crippen molar-refractivity contribution < 1.29 is 29.4 Å². The molecule has 12 heteroatoms. The molecule has 0 saturated carbocycles. The molecular formula is C9H13NO7S4. The van der Waals surface area contributed by atoms with Gasteiger partial charge in [-0.3, -0.25) is 4.18 Å². The van der Waals surface area contributed by atoms with Gasteiger partial charge in [-0.25, -0.2) is 22.0 Å². The van der Waals surface area contributed by atoms with E-state index in [1.807, 2.05) is 0 Å². The molecule has 2 heterocycles. The van der Waals surface area contributed by atoms with Gasteiger partial charge in [0.1, 0.15) is 14.5 Å². The van der Waals surface area contributed by atoms with Crippen LogP contribution in [0.15, 0.2) is 14.5 Å². The highest BCUT2D eigenvalue weighted by Gasteiger charge is 2.41. The van der Waals surface area contributed by atoms with Gasteiger partial charge in [-0.2, -0.15) is 8.42 Å². The molecule has 0 spiro atoms. The molecule has 0 aromatic carbocycles. The zero-order valence-corrected chi connectivity index (χ0v) is 14.3. The van der Waals surface area contributed by atoms with E-state index in [9.17, 15) is 25.3 Å². The lowest BCUT2D eigenvalue weighted by atomic mass is 10.1. The van der Waals surface area contributed by atoms with Gasteiger partial charge in [0.15, 0.2) is 9.84 Å². The van der Waals surface area contributed by atoms with E-state index < -0.39 is 41.3 Å². The highest BCUT2D eigenvalue weighted by molar-refractivity contribution is 7.95. The maximum atomic E-state index is 12.2. The lowest BCUT2D eigenvalue weighted by Gasteiger charge is -2.26. The first kappa shape index (κ1) is 16.8. The first-order chi connectivity index (χ1) is 9.32. The van der Waals surface area contributed by atoms with E-state index in [1.165, 1.54) is 6.92 Å². The van der Waals surface area contributed by atoms with Crippen molar-refractivity contribution in [2.24, 2.45) is 5.14 Å². The van der Waals surface area contributed by atoms with E-state index in [0.717, 1.165) is 12.3 Å². The number of fused-ring (bicyclic) bond motifs is 1. The van der Waals surface area contributed by atoms with Gasteiger partial charge in [0, 0.05) is 5.56 Å². The molecule has 0 fully saturated rings. The van der Waals surface area contributed by atoms with E-state index in [1.54, 1.807) is 0 Å². The lowest BCUT2D eigenvalue weighted by Crippen LogP contribution is -2.28. The Morgan fingerprint density at radius 1 is 1.33 bits per heavy atom. The molecule has 1 unspecified atom stereocenters. The Labute approximate surface area is 127 Å². The topological polar surface area (TPSA) is 138 Å². The van der Waals surface area contributed by atoms with Crippen LogP contribution in [0.1, 0.15) is 25.0 Å². The fourth-order valence-electron chi connectivity index (χ4n) is 1.99. The predicted octanol–water partition coefficient (Wildman–Crippen LogP) is -0.0213. The van der Waals surface area contributed by atoms with Gasteiger partial charge in [0.2, 0.25) is 10.0 Å². The Bertz CT molecular complexity index is 879. The van der Waals surface area contributed by atoms with Crippen LogP contribution >= 0.6 is 11.3 Å². The van der Waals surface area contributed by atoms with Gasteiger partial charge in [-0.15, -0.1) is 11.3 Å². The van der Waals surface area contributed by atoms with Gasteiger partial charge in [-0.05, 0) is 19.4 Å². The Hall–Kier alpha value is -0.530. The highest BCUT2D eigenvalue weighted by Crippen LogP contribution is 2.44. The van der Waals surface area contributed by atoms with E-state index in [2.05, 4.69) is 0 Å². The van der Waals surface area contributed by atoms with Gasteiger partial charge >= 0.3 is 0 Å². The third kappa shape index (κ3) is 3.29. The molecular weight excluding hydrogens is 362 g/mol. The summed E-state index contributed by atoms with van der Waals surface area (Å²) >= 11 is 0.507. The lowest BCUT2D eigenvalue weighted by molar-refractivity contribution is 0.198. The summed E-state index contributed by atoms with van der Waals surface area (Å²) in [5.41, 5.74) is 0.0209. The molecule has 1 aromatic rings. The van der Waals surface area contributed by atoms with Crippen molar-refractivity contribution in [3.05, 3.63) is 11.6 Å². The second-order valence-corrected chi connectivity index (χ2v) is 11.7. The number of sulfonamides is 1. The number of hydrogen-bond donors (Lipinski definition) is 1. The summed E-state index contributed by atoms with van der Waals surface area (Å²) in [6.45, 7) is 1.41. The van der Waals surface area contributed by atoms with E-state index in [0.29, 0.717) is 11.3 Å². The predicted molar refractivity (Wildman–Crippen MR) is 75.6 cm³/mol. The quantitative estimate of drug-likeness (QED) is 0.733. The molecule has 0 amide bonds. The van der Waals surface area contributed by atoms with Crippen LogP contribution in [-0.4, -0.2) is 36.8 Å². The summed E-state index contributed by atoms with van der Waals surface area (Å²) < 4.78 is 74.1.